The number of imidazole rings is 1. The largest absolute Gasteiger partial charge is 0.468 e. The first-order valence-corrected chi connectivity index (χ1v) is 4.97. The molecule has 0 aliphatic carbocycles. The van der Waals surface area contributed by atoms with Crippen molar-refractivity contribution in [3.05, 3.63) is 30.1 Å². The highest BCUT2D eigenvalue weighted by molar-refractivity contribution is 5.77. The summed E-state index contributed by atoms with van der Waals surface area (Å²) in [5.74, 6) is 0.263. The van der Waals surface area contributed by atoms with Gasteiger partial charge in [0.25, 0.3) is 0 Å². The summed E-state index contributed by atoms with van der Waals surface area (Å²) in [5, 5.41) is 0. The molecule has 0 aliphatic heterocycles. The van der Waals surface area contributed by atoms with Crippen LogP contribution in [0.4, 0.5) is 0 Å². The molecule has 0 aliphatic rings. The van der Waals surface area contributed by atoms with Gasteiger partial charge in [-0.2, -0.15) is 0 Å². The maximum atomic E-state index is 11.1. The van der Waals surface area contributed by atoms with E-state index in [1.165, 1.54) is 7.11 Å². The molecule has 0 spiro atoms. The number of nitrogens with two attached hydrogens (primary N) is 1. The van der Waals surface area contributed by atoms with Gasteiger partial charge in [-0.05, 0) is 12.1 Å². The van der Waals surface area contributed by atoms with Crippen LogP contribution in [0.25, 0.3) is 11.0 Å². The lowest BCUT2D eigenvalue weighted by atomic mass is 10.2. The normalized spacial score (nSPS) is 12.6. The number of aromatic amines is 1. The van der Waals surface area contributed by atoms with Crippen LogP contribution >= 0.6 is 0 Å². The predicted molar refractivity (Wildman–Crippen MR) is 59.8 cm³/mol. The Hall–Kier alpha value is -1.88. The monoisotopic (exact) mass is 219 g/mol. The third-order valence-corrected chi connectivity index (χ3v) is 2.36. The molecule has 0 unspecified atom stereocenters. The highest BCUT2D eigenvalue weighted by Crippen LogP contribution is 2.11. The molecule has 3 N–H and O–H groups in total. The Balaban J connectivity index is 2.18. The van der Waals surface area contributed by atoms with Crippen LogP contribution in [-0.4, -0.2) is 29.1 Å². The van der Waals surface area contributed by atoms with E-state index in [-0.39, 0.29) is 0 Å². The molecular weight excluding hydrogens is 206 g/mol. The van der Waals surface area contributed by atoms with Crippen LogP contribution in [0.15, 0.2) is 24.3 Å². The molecule has 0 saturated carbocycles. The number of para-hydroxylation sites is 2. The minimum absolute atomic E-state index is 0.349. The summed E-state index contributed by atoms with van der Waals surface area (Å²) < 4.78 is 4.55. The Labute approximate surface area is 92.6 Å². The van der Waals surface area contributed by atoms with Crippen molar-refractivity contribution in [2.75, 3.05) is 7.11 Å². The van der Waals surface area contributed by atoms with Crippen molar-refractivity contribution in [3.63, 3.8) is 0 Å². The molecule has 5 nitrogen and oxygen atoms in total. The lowest BCUT2D eigenvalue weighted by Gasteiger charge is -2.06. The zero-order valence-electron chi connectivity index (χ0n) is 8.93. The number of hydrogen-bond acceptors (Lipinski definition) is 4. The first-order valence-electron chi connectivity index (χ1n) is 4.97. The van der Waals surface area contributed by atoms with Gasteiger partial charge in [0.2, 0.25) is 0 Å². The Kier molecular flexibility index (Phi) is 2.87. The quantitative estimate of drug-likeness (QED) is 0.741. The van der Waals surface area contributed by atoms with Crippen LogP contribution in [0.1, 0.15) is 5.82 Å². The number of rotatable bonds is 3. The Bertz CT molecular complexity index is 474. The Morgan fingerprint density at radius 3 is 3.00 bits per heavy atom. The first kappa shape index (κ1) is 10.6. The molecular formula is C11H13N3O2. The highest BCUT2D eigenvalue weighted by Gasteiger charge is 2.16. The van der Waals surface area contributed by atoms with Crippen molar-refractivity contribution in [1.29, 1.82) is 0 Å². The predicted octanol–water partition coefficient (Wildman–Crippen LogP) is 0.606. The standard InChI is InChI=1S/C11H13N3O2/c1-16-11(15)7(12)6-10-13-8-4-2-3-5-9(8)14-10/h2-5,7H,6,12H2,1H3,(H,13,14)/t7-/m1/s1. The minimum atomic E-state index is -0.675. The van der Waals surface area contributed by atoms with Crippen molar-refractivity contribution in [3.8, 4) is 0 Å². The number of hydrogen-bond donors (Lipinski definition) is 2. The van der Waals surface area contributed by atoms with E-state index in [2.05, 4.69) is 14.7 Å². The van der Waals surface area contributed by atoms with Gasteiger partial charge in [0.05, 0.1) is 18.1 Å². The van der Waals surface area contributed by atoms with Gasteiger partial charge in [0, 0.05) is 6.42 Å². The molecule has 84 valence electrons. The summed E-state index contributed by atoms with van der Waals surface area (Å²) in [6, 6.07) is 6.98. The van der Waals surface area contributed by atoms with Crippen molar-refractivity contribution in [2.24, 2.45) is 5.73 Å². The summed E-state index contributed by atoms with van der Waals surface area (Å²) in [4.78, 5) is 18.6. The third kappa shape index (κ3) is 2.04. The topological polar surface area (TPSA) is 81.0 Å². The van der Waals surface area contributed by atoms with Gasteiger partial charge < -0.3 is 15.5 Å². The SMILES string of the molecule is COC(=O)[C@H](N)Cc1nc2ccccc2[nH]1. The zero-order valence-corrected chi connectivity index (χ0v) is 8.93. The van der Waals surface area contributed by atoms with E-state index >= 15 is 0 Å². The molecule has 1 aromatic heterocycles. The second kappa shape index (κ2) is 4.32. The van der Waals surface area contributed by atoms with Crippen LogP contribution in [0.2, 0.25) is 0 Å². The fourth-order valence-corrected chi connectivity index (χ4v) is 1.55. The lowest BCUT2D eigenvalue weighted by Crippen LogP contribution is -2.33. The van der Waals surface area contributed by atoms with E-state index in [0.717, 1.165) is 11.0 Å². The van der Waals surface area contributed by atoms with Crippen molar-refractivity contribution in [2.45, 2.75) is 12.5 Å². The molecule has 5 heteroatoms. The average molecular weight is 219 g/mol. The van der Waals surface area contributed by atoms with Gasteiger partial charge in [-0.3, -0.25) is 4.79 Å². The second-order valence-corrected chi connectivity index (χ2v) is 3.53. The van der Waals surface area contributed by atoms with Gasteiger partial charge in [0.1, 0.15) is 11.9 Å². The number of aromatic nitrogens is 2. The molecule has 1 aromatic carbocycles. The van der Waals surface area contributed by atoms with Crippen molar-refractivity contribution in [1.82, 2.24) is 9.97 Å². The minimum Gasteiger partial charge on any atom is -0.468 e. The van der Waals surface area contributed by atoms with E-state index < -0.39 is 12.0 Å². The first-order chi connectivity index (χ1) is 7.70. The van der Waals surface area contributed by atoms with E-state index in [4.69, 9.17) is 5.73 Å². The number of nitrogens with one attached hydrogen (secondary N) is 1. The Morgan fingerprint density at radius 1 is 1.56 bits per heavy atom. The molecule has 2 aromatic rings. The number of nitrogens with zero attached hydrogens (tertiary/aromatic N) is 1. The van der Waals surface area contributed by atoms with Crippen LogP contribution in [0, 0.1) is 0 Å². The summed E-state index contributed by atoms with van der Waals surface area (Å²) in [6.07, 6.45) is 0.349. The summed E-state index contributed by atoms with van der Waals surface area (Å²) in [5.41, 5.74) is 7.46. The number of esters is 1. The molecule has 0 amide bonds. The van der Waals surface area contributed by atoms with Crippen LogP contribution in [-0.2, 0) is 16.0 Å². The van der Waals surface area contributed by atoms with Gasteiger partial charge >= 0.3 is 5.97 Å². The van der Waals surface area contributed by atoms with Crippen LogP contribution < -0.4 is 5.73 Å². The molecule has 1 atom stereocenters. The van der Waals surface area contributed by atoms with Gasteiger partial charge in [-0.15, -0.1) is 0 Å². The third-order valence-electron chi connectivity index (χ3n) is 2.36. The molecule has 2 rings (SSSR count). The molecule has 16 heavy (non-hydrogen) atoms. The fourth-order valence-electron chi connectivity index (χ4n) is 1.55. The fraction of sp³-hybridized carbons (Fsp3) is 0.273. The summed E-state index contributed by atoms with van der Waals surface area (Å²) in [6.45, 7) is 0. The molecule has 0 radical (unpaired) electrons. The lowest BCUT2D eigenvalue weighted by molar-refractivity contribution is -0.142. The number of methoxy groups -OCH3 is 1. The maximum absolute atomic E-state index is 11.1. The maximum Gasteiger partial charge on any atom is 0.323 e. The van der Waals surface area contributed by atoms with E-state index in [0.29, 0.717) is 12.2 Å². The Morgan fingerprint density at radius 2 is 2.31 bits per heavy atom. The van der Waals surface area contributed by atoms with Gasteiger partial charge in [-0.1, -0.05) is 12.1 Å². The van der Waals surface area contributed by atoms with Crippen LogP contribution in [0.3, 0.4) is 0 Å². The smallest absolute Gasteiger partial charge is 0.323 e. The summed E-state index contributed by atoms with van der Waals surface area (Å²) in [7, 11) is 1.32. The van der Waals surface area contributed by atoms with Gasteiger partial charge in [-0.25, -0.2) is 4.98 Å². The second-order valence-electron chi connectivity index (χ2n) is 3.53. The van der Waals surface area contributed by atoms with E-state index in [1.807, 2.05) is 24.3 Å². The van der Waals surface area contributed by atoms with Crippen molar-refractivity contribution >= 4 is 17.0 Å². The highest BCUT2D eigenvalue weighted by atomic mass is 16.5. The number of carbonyl (C=O) groups is 1. The number of ether oxygens (including phenoxy) is 1. The number of benzene rings is 1. The molecule has 0 fully saturated rings. The van der Waals surface area contributed by atoms with Gasteiger partial charge in [0.15, 0.2) is 0 Å². The van der Waals surface area contributed by atoms with E-state index in [1.54, 1.807) is 0 Å². The summed E-state index contributed by atoms with van der Waals surface area (Å²) >= 11 is 0. The molecule has 0 saturated heterocycles. The number of fused-ring (bicyclic) bond motifs is 1. The molecule has 1 heterocycles. The zero-order chi connectivity index (χ0) is 11.5. The number of H-pyrrole nitrogens is 1. The van der Waals surface area contributed by atoms with Crippen LogP contribution in [0.5, 0.6) is 0 Å². The average Bonchev–Trinajstić information content (AvgIpc) is 2.69. The van der Waals surface area contributed by atoms with E-state index in [9.17, 15) is 4.79 Å². The number of carbonyl (C=O) groups excluding carboxylic acids is 1. The molecule has 0 bridgehead atoms. The van der Waals surface area contributed by atoms with Crippen molar-refractivity contribution < 1.29 is 9.53 Å².